The SMILES string of the molecule is C=CCN(Br)S(=O)O. The van der Waals surface area contributed by atoms with Gasteiger partial charge in [0.1, 0.15) is 0 Å². The summed E-state index contributed by atoms with van der Waals surface area (Å²) in [5.74, 6) is 0. The zero-order valence-electron chi connectivity index (χ0n) is 4.08. The molecule has 0 rings (SSSR count). The van der Waals surface area contributed by atoms with Crippen LogP contribution in [0.5, 0.6) is 0 Å². The summed E-state index contributed by atoms with van der Waals surface area (Å²) in [6.07, 6.45) is 1.52. The third kappa shape index (κ3) is 3.31. The highest BCUT2D eigenvalue weighted by Crippen LogP contribution is 1.98. The van der Waals surface area contributed by atoms with Crippen LogP contribution in [0.25, 0.3) is 0 Å². The molecule has 48 valence electrons. The van der Waals surface area contributed by atoms with Crippen molar-refractivity contribution in [1.29, 1.82) is 0 Å². The van der Waals surface area contributed by atoms with E-state index in [9.17, 15) is 4.21 Å². The Labute approximate surface area is 59.1 Å². The van der Waals surface area contributed by atoms with Crippen LogP contribution in [0.3, 0.4) is 0 Å². The predicted octanol–water partition coefficient (Wildman–Crippen LogP) is 0.921. The Kier molecular flexibility index (Phi) is 4.35. The quantitative estimate of drug-likeness (QED) is 0.418. The molecule has 3 nitrogen and oxygen atoms in total. The second-order valence-corrected chi connectivity index (χ2v) is 3.25. The van der Waals surface area contributed by atoms with E-state index in [4.69, 9.17) is 4.55 Å². The van der Waals surface area contributed by atoms with Crippen LogP contribution < -0.4 is 0 Å². The van der Waals surface area contributed by atoms with Gasteiger partial charge in [-0.25, -0.2) is 4.21 Å². The standard InChI is InChI=1S/C3H6BrNO2S/c1-2-3-5(4)8(6)7/h2H,1,3H2,(H,6,7). The fraction of sp³-hybridized carbons (Fsp3) is 0.333. The first kappa shape index (κ1) is 8.29. The van der Waals surface area contributed by atoms with E-state index in [0.29, 0.717) is 6.54 Å². The van der Waals surface area contributed by atoms with Crippen LogP contribution in [0.2, 0.25) is 0 Å². The molecule has 0 radical (unpaired) electrons. The number of hydrogen-bond acceptors (Lipinski definition) is 1. The van der Waals surface area contributed by atoms with E-state index < -0.39 is 11.3 Å². The molecular formula is C3H6BrNO2S. The molecular weight excluding hydrogens is 194 g/mol. The summed E-state index contributed by atoms with van der Waals surface area (Å²) in [6, 6.07) is 0. The Balaban J connectivity index is 3.46. The maximum Gasteiger partial charge on any atom is 0.245 e. The van der Waals surface area contributed by atoms with Gasteiger partial charge in [0.2, 0.25) is 11.3 Å². The average molecular weight is 200 g/mol. The lowest BCUT2D eigenvalue weighted by atomic mass is 10.7. The Hall–Kier alpha value is 0.290. The van der Waals surface area contributed by atoms with Crippen LogP contribution in [-0.2, 0) is 11.3 Å². The van der Waals surface area contributed by atoms with Gasteiger partial charge in [0, 0.05) is 22.7 Å². The van der Waals surface area contributed by atoms with Gasteiger partial charge in [-0.1, -0.05) is 6.08 Å². The minimum atomic E-state index is -1.93. The van der Waals surface area contributed by atoms with E-state index in [1.54, 1.807) is 0 Å². The van der Waals surface area contributed by atoms with Gasteiger partial charge in [0.15, 0.2) is 0 Å². The van der Waals surface area contributed by atoms with Gasteiger partial charge in [-0.05, 0) is 0 Å². The van der Waals surface area contributed by atoms with Crippen LogP contribution in [-0.4, -0.2) is 18.6 Å². The average Bonchev–Trinajstić information content (AvgIpc) is 1.67. The molecule has 0 aliphatic heterocycles. The second kappa shape index (κ2) is 4.20. The third-order valence-corrected chi connectivity index (χ3v) is 1.96. The van der Waals surface area contributed by atoms with Crippen molar-refractivity contribution >= 4 is 27.4 Å². The molecule has 1 unspecified atom stereocenters. The van der Waals surface area contributed by atoms with Gasteiger partial charge in [-0.3, -0.25) is 4.55 Å². The highest BCUT2D eigenvalue weighted by atomic mass is 79.9. The largest absolute Gasteiger partial charge is 0.293 e. The molecule has 0 aromatic carbocycles. The van der Waals surface area contributed by atoms with Gasteiger partial charge < -0.3 is 0 Å². The topological polar surface area (TPSA) is 40.5 Å². The molecule has 0 spiro atoms. The van der Waals surface area contributed by atoms with Gasteiger partial charge in [0.25, 0.3) is 0 Å². The molecule has 1 N–H and O–H groups in total. The van der Waals surface area contributed by atoms with Gasteiger partial charge >= 0.3 is 0 Å². The molecule has 0 aliphatic carbocycles. The lowest BCUT2D eigenvalue weighted by molar-refractivity contribution is 0.526. The van der Waals surface area contributed by atoms with Crippen molar-refractivity contribution in [3.05, 3.63) is 12.7 Å². The van der Waals surface area contributed by atoms with Crippen LogP contribution in [0.1, 0.15) is 0 Å². The lowest BCUT2D eigenvalue weighted by Gasteiger charge is -2.02. The highest BCUT2D eigenvalue weighted by molar-refractivity contribution is 9.08. The van der Waals surface area contributed by atoms with E-state index >= 15 is 0 Å². The van der Waals surface area contributed by atoms with Gasteiger partial charge in [-0.15, -0.1) is 9.91 Å². The maximum atomic E-state index is 10.0. The van der Waals surface area contributed by atoms with Crippen molar-refractivity contribution < 1.29 is 8.76 Å². The minimum Gasteiger partial charge on any atom is -0.293 e. The van der Waals surface area contributed by atoms with Gasteiger partial charge in [-0.2, -0.15) is 0 Å². The summed E-state index contributed by atoms with van der Waals surface area (Å²) in [7, 11) is 0. The van der Waals surface area contributed by atoms with Crippen molar-refractivity contribution in [1.82, 2.24) is 3.33 Å². The van der Waals surface area contributed by atoms with E-state index in [-0.39, 0.29) is 0 Å². The first-order valence-electron chi connectivity index (χ1n) is 1.83. The predicted molar refractivity (Wildman–Crippen MR) is 36.6 cm³/mol. The van der Waals surface area contributed by atoms with E-state index in [0.717, 1.165) is 3.33 Å². The van der Waals surface area contributed by atoms with Crippen molar-refractivity contribution in [3.63, 3.8) is 0 Å². The Morgan fingerprint density at radius 2 is 2.50 bits per heavy atom. The second-order valence-electron chi connectivity index (χ2n) is 1.02. The Morgan fingerprint density at radius 3 is 2.62 bits per heavy atom. The normalized spacial score (nSPS) is 13.9. The fourth-order valence-electron chi connectivity index (χ4n) is 0.165. The summed E-state index contributed by atoms with van der Waals surface area (Å²) in [4.78, 5) is 0. The molecule has 0 bridgehead atoms. The van der Waals surface area contributed by atoms with E-state index in [2.05, 4.69) is 22.7 Å². The summed E-state index contributed by atoms with van der Waals surface area (Å²) >= 11 is 0.883. The first-order chi connectivity index (χ1) is 3.68. The molecule has 0 aromatic heterocycles. The van der Waals surface area contributed by atoms with Crippen molar-refractivity contribution in [2.75, 3.05) is 6.54 Å². The summed E-state index contributed by atoms with van der Waals surface area (Å²) in [5, 5.41) is 0. The van der Waals surface area contributed by atoms with Crippen LogP contribution in [0.15, 0.2) is 12.7 Å². The molecule has 0 aliphatic rings. The fourth-order valence-corrected chi connectivity index (χ4v) is 0.603. The zero-order chi connectivity index (χ0) is 6.57. The minimum absolute atomic E-state index is 0.350. The molecule has 0 amide bonds. The van der Waals surface area contributed by atoms with E-state index in [1.165, 1.54) is 6.08 Å². The molecule has 0 fully saturated rings. The molecule has 0 aromatic rings. The summed E-state index contributed by atoms with van der Waals surface area (Å²) in [5.41, 5.74) is 0. The molecule has 8 heavy (non-hydrogen) atoms. The monoisotopic (exact) mass is 199 g/mol. The van der Waals surface area contributed by atoms with Crippen molar-refractivity contribution in [2.45, 2.75) is 0 Å². The van der Waals surface area contributed by atoms with Gasteiger partial charge in [0.05, 0.1) is 0 Å². The zero-order valence-corrected chi connectivity index (χ0v) is 6.48. The number of nitrogens with zero attached hydrogens (tertiary/aromatic N) is 1. The lowest BCUT2D eigenvalue weighted by Crippen LogP contribution is -2.12. The number of rotatable bonds is 3. The molecule has 1 atom stereocenters. The molecule has 0 heterocycles. The first-order valence-corrected chi connectivity index (χ1v) is 3.61. The van der Waals surface area contributed by atoms with Crippen LogP contribution in [0.4, 0.5) is 0 Å². The number of halogens is 1. The van der Waals surface area contributed by atoms with E-state index in [1.807, 2.05) is 0 Å². The van der Waals surface area contributed by atoms with Crippen molar-refractivity contribution in [3.8, 4) is 0 Å². The smallest absolute Gasteiger partial charge is 0.245 e. The molecule has 5 heteroatoms. The molecule has 0 saturated carbocycles. The van der Waals surface area contributed by atoms with Crippen LogP contribution >= 0.6 is 16.1 Å². The summed E-state index contributed by atoms with van der Waals surface area (Å²) in [6.45, 7) is 3.72. The summed E-state index contributed by atoms with van der Waals surface area (Å²) < 4.78 is 19.4. The number of hydrogen-bond donors (Lipinski definition) is 1. The van der Waals surface area contributed by atoms with Crippen LogP contribution in [0, 0.1) is 0 Å². The van der Waals surface area contributed by atoms with Crippen molar-refractivity contribution in [2.24, 2.45) is 0 Å². The third-order valence-electron chi connectivity index (χ3n) is 0.442. The highest BCUT2D eigenvalue weighted by Gasteiger charge is 2.00. The maximum absolute atomic E-state index is 10.0. The Bertz CT molecular complexity index is 107. The Morgan fingerprint density at radius 1 is 2.00 bits per heavy atom. The molecule has 0 saturated heterocycles.